The highest BCUT2D eigenvalue weighted by atomic mass is 32.9. The van der Waals surface area contributed by atoms with Gasteiger partial charge in [0, 0.05) is 202 Å². The van der Waals surface area contributed by atoms with Gasteiger partial charge < -0.3 is 105 Å². The van der Waals surface area contributed by atoms with E-state index in [4.69, 9.17) is 86.4 Å². The van der Waals surface area contributed by atoms with E-state index in [2.05, 4.69) is 92.0 Å². The maximum atomic E-state index is 12.7. The highest BCUT2D eigenvalue weighted by Crippen LogP contribution is 2.62. The minimum Gasteiger partial charge on any atom is -0.466 e. The van der Waals surface area contributed by atoms with E-state index >= 15 is 0 Å². The van der Waals surface area contributed by atoms with Crippen LogP contribution >= 0.6 is 142 Å². The Morgan fingerprint density at radius 2 is 0.810 bits per heavy atom. The first kappa shape index (κ1) is 154. The highest BCUT2D eigenvalue weighted by Gasteiger charge is 2.30. The van der Waals surface area contributed by atoms with E-state index in [-0.39, 0.29) is 80.9 Å². The second-order valence-corrected chi connectivity index (χ2v) is 61.1. The summed E-state index contributed by atoms with van der Waals surface area (Å²) in [6.45, 7) is 2.85. The zero-order valence-corrected chi connectivity index (χ0v) is 99.7. The third kappa shape index (κ3) is 84.8. The summed E-state index contributed by atoms with van der Waals surface area (Å²) in [6, 6.07) is 0. The number of methoxy groups -OCH3 is 1. The van der Waals surface area contributed by atoms with Crippen LogP contribution in [0.4, 0.5) is 13.8 Å². The molecule has 0 bridgehead atoms. The van der Waals surface area contributed by atoms with Crippen LogP contribution in [0.1, 0.15) is 27.7 Å². The van der Waals surface area contributed by atoms with Crippen molar-refractivity contribution in [3.8, 4) is 0 Å². The summed E-state index contributed by atoms with van der Waals surface area (Å²) in [6.07, 6.45) is 7.74. The van der Waals surface area contributed by atoms with Crippen LogP contribution < -0.4 is 32.1 Å². The number of carbonyl (C=O) groups is 11. The molecule has 10 amide bonds. The number of imide groups is 1. The second kappa shape index (κ2) is 88.2. The summed E-state index contributed by atoms with van der Waals surface area (Å²) in [7, 11) is 27.7. The molecule has 73 heteroatoms. The van der Waals surface area contributed by atoms with E-state index in [0.717, 1.165) is 72.3 Å². The van der Waals surface area contributed by atoms with Crippen molar-refractivity contribution in [2.75, 3.05) is 281 Å². The number of morpholine rings is 1. The lowest BCUT2D eigenvalue weighted by atomic mass is 10.4. The Morgan fingerprint density at radius 3 is 1.08 bits per heavy atom. The van der Waals surface area contributed by atoms with Crippen LogP contribution in [-0.4, -0.2) is 385 Å². The van der Waals surface area contributed by atoms with Gasteiger partial charge in [-0.3, -0.25) is 94.7 Å². The molecule has 0 aromatic rings. The number of nitrogens with two attached hydrogens (primary N) is 1. The van der Waals surface area contributed by atoms with E-state index in [1.54, 1.807) is 59.6 Å². The maximum Gasteiger partial charge on any atom is 0.529 e. The number of hydrogen-bond donors (Lipinski definition) is 6. The lowest BCUT2D eigenvalue weighted by Crippen LogP contribution is -2.41. The number of amides is 10. The third-order valence-corrected chi connectivity index (χ3v) is 44.4. The number of allylic oxidation sites excluding steroid dienone is 3. The predicted octanol–water partition coefficient (Wildman–Crippen LogP) is 11.1. The Balaban J connectivity index is -0.000000163. The average Bonchev–Trinajstić information content (AvgIpc) is 0.815. The largest absolute Gasteiger partial charge is 0.529 e. The molecule has 0 spiro atoms. The fourth-order valence-electron chi connectivity index (χ4n) is 5.42. The van der Waals surface area contributed by atoms with Crippen LogP contribution in [0.15, 0.2) is 45.8 Å². The first-order chi connectivity index (χ1) is 63.3. The first-order valence-corrected chi connectivity index (χ1v) is 64.5. The number of phosphoric acid groups is 3. The van der Waals surface area contributed by atoms with Crippen molar-refractivity contribution in [2.45, 2.75) is 27.7 Å². The Morgan fingerprint density at radius 1 is 0.460 bits per heavy atom. The van der Waals surface area contributed by atoms with Gasteiger partial charge in [0.15, 0.2) is 0 Å². The number of halogens is 1. The van der Waals surface area contributed by atoms with Crippen LogP contribution in [0.3, 0.4) is 0 Å². The molecule has 1 rings (SSSR count). The molecule has 137 heavy (non-hydrogen) atoms. The number of rotatable bonds is 42. The smallest absolute Gasteiger partial charge is 0.466 e. The predicted molar refractivity (Wildman–Crippen MR) is 551 cm³/mol. The molecule has 1 atom stereocenters. The topological polar surface area (TPSA) is 624 Å². The minimum atomic E-state index is -3.67. The number of carbonyl (C=O) groups excluding carboxylic acids is 11. The van der Waals surface area contributed by atoms with Gasteiger partial charge in [-0.2, -0.15) is 4.20 Å². The van der Waals surface area contributed by atoms with Gasteiger partial charge in [-0.25, -0.2) is 42.0 Å². The Bertz CT molecular complexity index is 3990. The molecule has 1 saturated heterocycles. The number of oxime groups is 2. The molecule has 0 radical (unpaired) electrons. The number of ether oxygens (including phenoxy) is 2. The Labute approximate surface area is 847 Å². The molecular formula is C64H138FN14O39P9S10. The molecule has 1 fully saturated rings. The van der Waals surface area contributed by atoms with Crippen molar-refractivity contribution in [3.05, 3.63) is 35.5 Å². The van der Waals surface area contributed by atoms with Gasteiger partial charge in [0.2, 0.25) is 64.0 Å². The molecule has 0 saturated carbocycles. The summed E-state index contributed by atoms with van der Waals surface area (Å²) in [5, 5.41) is 19.4. The van der Waals surface area contributed by atoms with Crippen LogP contribution in [0.2, 0.25) is 0 Å². The summed E-state index contributed by atoms with van der Waals surface area (Å²) in [5.41, 5.74) is -1.96. The van der Waals surface area contributed by atoms with Gasteiger partial charge in [0.05, 0.1) is 49.4 Å². The van der Waals surface area contributed by atoms with Gasteiger partial charge in [-0.15, -0.1) is 23.5 Å². The normalized spacial score (nSPS) is 12.8. The van der Waals surface area contributed by atoms with E-state index in [9.17, 15) is 84.3 Å². The molecule has 1 aliphatic heterocycles. The minimum absolute atomic E-state index is 0.0649. The number of esters is 1. The fourth-order valence-corrected chi connectivity index (χ4v) is 19.8. The monoisotopic (exact) mass is 2340 g/mol. The van der Waals surface area contributed by atoms with Crippen LogP contribution in [0, 0.1) is 0 Å². The summed E-state index contributed by atoms with van der Waals surface area (Å²) >= 11 is 23.2. The van der Waals surface area contributed by atoms with Gasteiger partial charge in [-0.1, -0.05) is 55.8 Å². The van der Waals surface area contributed by atoms with E-state index in [1.807, 2.05) is 6.26 Å². The number of phosphoric ester groups is 3. The molecule has 1 unspecified atom stereocenters. The van der Waals surface area contributed by atoms with Crippen molar-refractivity contribution in [2.24, 2.45) is 15.8 Å². The summed E-state index contributed by atoms with van der Waals surface area (Å²) < 4.78 is 176. The third-order valence-electron chi connectivity index (χ3n) is 13.1. The molecule has 0 aliphatic carbocycles. The summed E-state index contributed by atoms with van der Waals surface area (Å²) in [5.74, 6) is -0.975. The number of nitrogens with zero attached hydrogens (tertiary/aromatic N) is 8. The molecular weight excluding hydrogens is 2210 g/mol. The highest BCUT2D eigenvalue weighted by molar-refractivity contribution is 8.69. The Hall–Kier alpha value is -3.12. The van der Waals surface area contributed by atoms with Crippen molar-refractivity contribution in [1.29, 1.82) is 0 Å². The quantitative estimate of drug-likeness (QED) is 0.00380. The van der Waals surface area contributed by atoms with E-state index in [1.165, 1.54) is 248 Å². The number of hydrogen-bond acceptors (Lipinski definition) is 51. The van der Waals surface area contributed by atoms with Gasteiger partial charge >= 0.3 is 62.9 Å². The zero-order valence-electron chi connectivity index (χ0n) is 83.5. The summed E-state index contributed by atoms with van der Waals surface area (Å²) in [4.78, 5) is 134. The Kier molecular flexibility index (Phi) is 99.2. The lowest BCUT2D eigenvalue weighted by molar-refractivity contribution is -0.135. The van der Waals surface area contributed by atoms with Crippen LogP contribution in [-0.2, 0) is 207 Å². The van der Waals surface area contributed by atoms with Crippen molar-refractivity contribution < 1.29 is 185 Å². The van der Waals surface area contributed by atoms with Crippen LogP contribution in [0.25, 0.3) is 0 Å². The lowest BCUT2D eigenvalue weighted by Gasteiger charge is -2.27. The van der Waals surface area contributed by atoms with Crippen molar-refractivity contribution >= 4 is 254 Å². The maximum absolute atomic E-state index is 12.7. The average molecular weight is 2350 g/mol. The zero-order chi connectivity index (χ0) is 110. The molecule has 810 valence electrons. The van der Waals surface area contributed by atoms with Gasteiger partial charge in [-0.05, 0) is 121 Å². The first-order valence-electron chi connectivity index (χ1n) is 36.8. The standard InChI is InChI=1S/C8H16NO5P.C8H16NO4PS2.C7H13N3O3S.C7H14NO5P.C7H13O6P.C6H12NO4PS2.C5H10N2O2S.C5H12NO4PS.C5H12NO3PS2.C4H12FN2OP.C2H8NO2PS/c1-7(6-8(10)9(2)3)14-15(11,12-4)13-5;1-11-14(15,12-2)16-7-8(10)9-3-5-13-6-4-9;1-8-7(12)13-9-5(14-4)6(11)10(2)3;1-6(5-7(9)8-2)13-14(10,11-3)12-4;1-6(5-7(8)10-2)13-14(9,11-3)12-4;1-7(5-8)6(9)4-14-12(13,10-2)11-3;1-4(10-3)7-9-5(8)6-2;1-6-5(7)4-12-11(8,9-2)10-3;1-6-5(7)4-12-10(11,8-2)9-3;1-6(2)9(5,8)7(3)4;1-5-6(3,4)7-2/h6H,1-5H3;3-7H2,1-2H3;1-4H3,(H,8,12);5H,1-4H3,(H,8,9);5H,1-4H3;5H,4H2,1-3H3;1-3H3,(H,6,8);2*4H2,1-3H3,(H,6,7);1-4H3;1-2H3,(H2,3,4)/b7-6+;;;2*6-5+;;7-4+;;;;. The molecule has 1 heterocycles. The van der Waals surface area contributed by atoms with Gasteiger partial charge in [0.25, 0.3) is 5.91 Å². The molecule has 1 aliphatic rings. The van der Waals surface area contributed by atoms with Crippen molar-refractivity contribution in [1.82, 2.24) is 55.5 Å². The number of likely N-dealkylation sites (N-methyl/N-ethyl adjacent to an activating group) is 2. The van der Waals surface area contributed by atoms with E-state index < -0.39 is 80.0 Å². The molecule has 0 aromatic heterocycles. The van der Waals surface area contributed by atoms with E-state index in [0.29, 0.717) is 43.5 Å². The second-order valence-electron chi connectivity index (χ2n) is 23.1. The van der Waals surface area contributed by atoms with Crippen molar-refractivity contribution in [3.63, 3.8) is 0 Å². The molecule has 7 N–H and O–H groups in total. The number of thioether (sulfide) groups is 2. The SMILES string of the molecule is CN(C)P(=O)(F)N(C)C.CNC(=O)/C=C(\C)OP(=O)(OC)OC.CNC(=O)CSP(=O)(OC)OC.CNC(=O)CSP(=S)(OC)OC.CNC(=O)O/N=C(\C)SC.CNC(=O)ON=C(SC)C(=O)N(C)C.COC(=O)/C=C(\C)OP(=O)(OC)OC.COP(=O)(OC)O/C(C)=C/C(=O)N(C)C.COP(=S)(OC)SCC(=O)N(C)C=O.COP(=S)(OC)SCC(=O)N1CCOCC1.COP(N)(=O)SC. The molecule has 0 aromatic carbocycles. The molecule has 53 nitrogen and oxygen atoms in total. The number of nitrogens with one attached hydrogen (secondary N) is 5. The van der Waals surface area contributed by atoms with Crippen LogP contribution in [0.5, 0.6) is 0 Å². The van der Waals surface area contributed by atoms with Gasteiger partial charge in [0.1, 0.15) is 22.3 Å². The fraction of sp³-hybridized carbons (Fsp3) is 0.703.